The summed E-state index contributed by atoms with van der Waals surface area (Å²) in [4.78, 5) is 7.71. The molecule has 7 heteroatoms. The SMILES string of the molecule is FC(F)(F)c1[nH]ncc1Cc1ncccn1. The molecular formula is C9H7F3N4. The first kappa shape index (κ1) is 10.6. The van der Waals surface area contributed by atoms with Crippen molar-refractivity contribution in [1.82, 2.24) is 20.2 Å². The Kier molecular flexibility index (Phi) is 2.59. The fraction of sp³-hybridized carbons (Fsp3) is 0.222. The van der Waals surface area contributed by atoms with Crippen molar-refractivity contribution < 1.29 is 13.2 Å². The smallest absolute Gasteiger partial charge is 0.273 e. The van der Waals surface area contributed by atoms with Gasteiger partial charge in [-0.1, -0.05) is 0 Å². The van der Waals surface area contributed by atoms with Gasteiger partial charge < -0.3 is 0 Å². The lowest BCUT2D eigenvalue weighted by Crippen LogP contribution is -2.09. The van der Waals surface area contributed by atoms with Crippen LogP contribution in [0, 0.1) is 0 Å². The highest BCUT2D eigenvalue weighted by atomic mass is 19.4. The Morgan fingerprint density at radius 3 is 2.50 bits per heavy atom. The van der Waals surface area contributed by atoms with E-state index in [4.69, 9.17) is 0 Å². The quantitative estimate of drug-likeness (QED) is 0.852. The highest BCUT2D eigenvalue weighted by Gasteiger charge is 2.35. The van der Waals surface area contributed by atoms with Crippen LogP contribution in [0.1, 0.15) is 17.1 Å². The van der Waals surface area contributed by atoms with Gasteiger partial charge >= 0.3 is 6.18 Å². The molecule has 0 saturated heterocycles. The van der Waals surface area contributed by atoms with Crippen LogP contribution in [0.5, 0.6) is 0 Å². The minimum atomic E-state index is -4.43. The first-order chi connectivity index (χ1) is 7.57. The summed E-state index contributed by atoms with van der Waals surface area (Å²) in [6.07, 6.45) is -0.322. The number of nitrogens with one attached hydrogen (secondary N) is 1. The highest BCUT2D eigenvalue weighted by Crippen LogP contribution is 2.30. The van der Waals surface area contributed by atoms with E-state index in [9.17, 15) is 13.2 Å². The van der Waals surface area contributed by atoms with Gasteiger partial charge in [-0.3, -0.25) is 5.10 Å². The van der Waals surface area contributed by atoms with Gasteiger partial charge in [-0.05, 0) is 6.07 Å². The molecule has 1 N–H and O–H groups in total. The molecule has 0 aliphatic heterocycles. The van der Waals surface area contributed by atoms with Gasteiger partial charge in [-0.25, -0.2) is 9.97 Å². The van der Waals surface area contributed by atoms with Gasteiger partial charge in [0.25, 0.3) is 0 Å². The summed E-state index contributed by atoms with van der Waals surface area (Å²) in [5, 5.41) is 5.32. The molecule has 0 aromatic carbocycles. The standard InChI is InChI=1S/C9H7F3N4/c10-9(11,12)8-6(5-15-16-8)4-7-13-2-1-3-14-7/h1-3,5H,4H2,(H,15,16). The Hall–Kier alpha value is -1.92. The molecule has 0 saturated carbocycles. The van der Waals surface area contributed by atoms with Crippen molar-refractivity contribution in [2.24, 2.45) is 0 Å². The Bertz CT molecular complexity index is 463. The van der Waals surface area contributed by atoms with Crippen molar-refractivity contribution in [2.75, 3.05) is 0 Å². The first-order valence-corrected chi connectivity index (χ1v) is 4.42. The Balaban J connectivity index is 2.26. The molecular weight excluding hydrogens is 221 g/mol. The fourth-order valence-corrected chi connectivity index (χ4v) is 1.28. The Morgan fingerprint density at radius 2 is 1.88 bits per heavy atom. The topological polar surface area (TPSA) is 54.5 Å². The second-order valence-corrected chi connectivity index (χ2v) is 3.11. The Labute approximate surface area is 88.6 Å². The van der Waals surface area contributed by atoms with Gasteiger partial charge in [-0.2, -0.15) is 18.3 Å². The van der Waals surface area contributed by atoms with Crippen molar-refractivity contribution >= 4 is 0 Å². The number of alkyl halides is 3. The van der Waals surface area contributed by atoms with Crippen molar-refractivity contribution in [2.45, 2.75) is 12.6 Å². The van der Waals surface area contributed by atoms with Crippen LogP contribution in [0.4, 0.5) is 13.2 Å². The van der Waals surface area contributed by atoms with Crippen molar-refractivity contribution in [1.29, 1.82) is 0 Å². The van der Waals surface area contributed by atoms with Crippen LogP contribution in [0.3, 0.4) is 0 Å². The molecule has 0 fully saturated rings. The third-order valence-corrected chi connectivity index (χ3v) is 1.97. The van der Waals surface area contributed by atoms with E-state index in [1.807, 2.05) is 5.10 Å². The predicted octanol–water partition coefficient (Wildman–Crippen LogP) is 1.81. The van der Waals surface area contributed by atoms with Crippen LogP contribution >= 0.6 is 0 Å². The van der Waals surface area contributed by atoms with E-state index in [-0.39, 0.29) is 12.0 Å². The zero-order valence-electron chi connectivity index (χ0n) is 7.99. The molecule has 0 radical (unpaired) electrons. The molecule has 0 atom stereocenters. The zero-order valence-corrected chi connectivity index (χ0v) is 7.99. The van der Waals surface area contributed by atoms with E-state index in [1.54, 1.807) is 6.07 Å². The van der Waals surface area contributed by atoms with Crippen LogP contribution in [-0.4, -0.2) is 20.2 Å². The van der Waals surface area contributed by atoms with E-state index >= 15 is 0 Å². The monoisotopic (exact) mass is 228 g/mol. The number of hydrogen-bond acceptors (Lipinski definition) is 3. The number of hydrogen-bond donors (Lipinski definition) is 1. The first-order valence-electron chi connectivity index (χ1n) is 4.42. The maximum Gasteiger partial charge on any atom is 0.433 e. The van der Waals surface area contributed by atoms with E-state index in [2.05, 4.69) is 15.1 Å². The molecule has 0 aliphatic rings. The molecule has 0 amide bonds. The summed E-state index contributed by atoms with van der Waals surface area (Å²) in [6, 6.07) is 1.60. The second-order valence-electron chi connectivity index (χ2n) is 3.11. The van der Waals surface area contributed by atoms with Crippen LogP contribution in [-0.2, 0) is 12.6 Å². The number of nitrogens with zero attached hydrogens (tertiary/aromatic N) is 3. The maximum absolute atomic E-state index is 12.5. The normalized spacial score (nSPS) is 11.7. The average molecular weight is 228 g/mol. The fourth-order valence-electron chi connectivity index (χ4n) is 1.28. The third kappa shape index (κ3) is 2.18. The summed E-state index contributed by atoms with van der Waals surface area (Å²) < 4.78 is 37.4. The lowest BCUT2D eigenvalue weighted by Gasteiger charge is -2.05. The molecule has 4 nitrogen and oxygen atoms in total. The zero-order chi connectivity index (χ0) is 11.6. The summed E-state index contributed by atoms with van der Waals surface area (Å²) >= 11 is 0. The molecule has 0 spiro atoms. The second kappa shape index (κ2) is 3.92. The highest BCUT2D eigenvalue weighted by molar-refractivity contribution is 5.22. The molecule has 16 heavy (non-hydrogen) atoms. The van der Waals surface area contributed by atoms with Crippen molar-refractivity contribution in [3.8, 4) is 0 Å². The summed E-state index contributed by atoms with van der Waals surface area (Å²) in [5.41, 5.74) is -0.807. The molecule has 2 rings (SSSR count). The summed E-state index contributed by atoms with van der Waals surface area (Å²) in [5.74, 6) is 0.328. The summed E-state index contributed by atoms with van der Waals surface area (Å²) in [6.45, 7) is 0. The number of aromatic amines is 1. The van der Waals surface area contributed by atoms with Gasteiger partial charge in [0.15, 0.2) is 0 Å². The predicted molar refractivity (Wildman–Crippen MR) is 48.4 cm³/mol. The van der Waals surface area contributed by atoms with Crippen LogP contribution in [0.15, 0.2) is 24.7 Å². The molecule has 0 bridgehead atoms. The van der Waals surface area contributed by atoms with E-state index in [0.717, 1.165) is 6.20 Å². The molecule has 2 aromatic rings. The molecule has 0 unspecified atom stereocenters. The molecule has 84 valence electrons. The minimum Gasteiger partial charge on any atom is -0.273 e. The number of aromatic nitrogens is 4. The lowest BCUT2D eigenvalue weighted by atomic mass is 10.1. The third-order valence-electron chi connectivity index (χ3n) is 1.97. The Morgan fingerprint density at radius 1 is 1.19 bits per heavy atom. The van der Waals surface area contributed by atoms with Gasteiger partial charge in [0.2, 0.25) is 0 Å². The molecule has 0 aliphatic carbocycles. The van der Waals surface area contributed by atoms with Gasteiger partial charge in [-0.15, -0.1) is 0 Å². The maximum atomic E-state index is 12.5. The van der Waals surface area contributed by atoms with Gasteiger partial charge in [0, 0.05) is 24.4 Å². The van der Waals surface area contributed by atoms with Crippen LogP contribution in [0.25, 0.3) is 0 Å². The number of H-pyrrole nitrogens is 1. The average Bonchev–Trinajstić information content (AvgIpc) is 2.67. The van der Waals surface area contributed by atoms with E-state index in [1.165, 1.54) is 12.4 Å². The number of rotatable bonds is 2. The minimum absolute atomic E-state index is 0.00613. The lowest BCUT2D eigenvalue weighted by molar-refractivity contribution is -0.141. The van der Waals surface area contributed by atoms with Crippen molar-refractivity contribution in [3.63, 3.8) is 0 Å². The van der Waals surface area contributed by atoms with E-state index in [0.29, 0.717) is 5.82 Å². The number of halogens is 3. The summed E-state index contributed by atoms with van der Waals surface area (Å²) in [7, 11) is 0. The molecule has 2 heterocycles. The van der Waals surface area contributed by atoms with Gasteiger partial charge in [0.05, 0.1) is 6.20 Å². The van der Waals surface area contributed by atoms with Crippen molar-refractivity contribution in [3.05, 3.63) is 41.7 Å². The van der Waals surface area contributed by atoms with Gasteiger partial charge in [0.1, 0.15) is 11.5 Å². The van der Waals surface area contributed by atoms with Crippen LogP contribution < -0.4 is 0 Å². The largest absolute Gasteiger partial charge is 0.433 e. The van der Waals surface area contributed by atoms with Crippen LogP contribution in [0.2, 0.25) is 0 Å². The van der Waals surface area contributed by atoms with E-state index < -0.39 is 11.9 Å². The molecule has 2 aromatic heterocycles.